The first-order chi connectivity index (χ1) is 9.63. The highest BCUT2D eigenvalue weighted by Crippen LogP contribution is 2.16. The molecule has 0 radical (unpaired) electrons. The predicted octanol–water partition coefficient (Wildman–Crippen LogP) is 3.47. The highest BCUT2D eigenvalue weighted by molar-refractivity contribution is 6.30. The molecular formula is C16H17ClO3. The van der Waals surface area contributed by atoms with E-state index in [0.29, 0.717) is 10.8 Å². The zero-order valence-electron chi connectivity index (χ0n) is 11.3. The highest BCUT2D eigenvalue weighted by Gasteiger charge is 2.06. The summed E-state index contributed by atoms with van der Waals surface area (Å²) >= 11 is 5.78. The lowest BCUT2D eigenvalue weighted by Crippen LogP contribution is -2.25. The lowest BCUT2D eigenvalue weighted by atomic mass is 10.2. The summed E-state index contributed by atoms with van der Waals surface area (Å²) in [4.78, 5) is 0. The van der Waals surface area contributed by atoms with Crippen LogP contribution in [-0.2, 0) is 0 Å². The topological polar surface area (TPSA) is 38.7 Å². The van der Waals surface area contributed by atoms with Gasteiger partial charge >= 0.3 is 0 Å². The number of ether oxygens (including phenoxy) is 2. The molecule has 0 aromatic heterocycles. The van der Waals surface area contributed by atoms with Crippen LogP contribution >= 0.6 is 11.6 Å². The van der Waals surface area contributed by atoms with E-state index in [-0.39, 0.29) is 13.2 Å². The maximum Gasteiger partial charge on any atom is 0.122 e. The molecule has 2 rings (SSSR count). The van der Waals surface area contributed by atoms with Gasteiger partial charge in [-0.1, -0.05) is 29.3 Å². The predicted molar refractivity (Wildman–Crippen MR) is 79.6 cm³/mol. The van der Waals surface area contributed by atoms with Crippen LogP contribution in [0.5, 0.6) is 11.5 Å². The third kappa shape index (κ3) is 4.76. The van der Waals surface area contributed by atoms with Crippen molar-refractivity contribution in [3.63, 3.8) is 0 Å². The molecule has 3 nitrogen and oxygen atoms in total. The first kappa shape index (κ1) is 14.7. The number of benzene rings is 2. The third-order valence-electron chi connectivity index (χ3n) is 2.72. The van der Waals surface area contributed by atoms with E-state index in [2.05, 4.69) is 0 Å². The van der Waals surface area contributed by atoms with Gasteiger partial charge in [0.1, 0.15) is 30.8 Å². The SMILES string of the molecule is Cc1ccc(OCC(O)COc2ccc(Cl)cc2)cc1. The molecule has 0 spiro atoms. The Morgan fingerprint density at radius 1 is 0.900 bits per heavy atom. The molecule has 0 amide bonds. The number of hydrogen-bond acceptors (Lipinski definition) is 3. The van der Waals surface area contributed by atoms with E-state index in [4.69, 9.17) is 21.1 Å². The van der Waals surface area contributed by atoms with E-state index in [1.165, 1.54) is 5.56 Å². The number of rotatable bonds is 6. The minimum atomic E-state index is -0.688. The van der Waals surface area contributed by atoms with Gasteiger partial charge in [-0.2, -0.15) is 0 Å². The number of hydrogen-bond donors (Lipinski definition) is 1. The second-order valence-corrected chi connectivity index (χ2v) is 4.98. The molecule has 0 aliphatic rings. The van der Waals surface area contributed by atoms with E-state index in [1.807, 2.05) is 31.2 Å². The maximum absolute atomic E-state index is 9.80. The van der Waals surface area contributed by atoms with E-state index in [1.54, 1.807) is 24.3 Å². The van der Waals surface area contributed by atoms with Crippen molar-refractivity contribution >= 4 is 11.6 Å². The quantitative estimate of drug-likeness (QED) is 0.886. The van der Waals surface area contributed by atoms with Gasteiger partial charge in [0.05, 0.1) is 0 Å². The van der Waals surface area contributed by atoms with E-state index in [9.17, 15) is 5.11 Å². The van der Waals surface area contributed by atoms with Gasteiger partial charge in [-0.15, -0.1) is 0 Å². The van der Waals surface area contributed by atoms with Gasteiger partial charge in [0.25, 0.3) is 0 Å². The fourth-order valence-electron chi connectivity index (χ4n) is 1.60. The second-order valence-electron chi connectivity index (χ2n) is 4.54. The zero-order chi connectivity index (χ0) is 14.4. The summed E-state index contributed by atoms with van der Waals surface area (Å²) in [5.41, 5.74) is 1.17. The zero-order valence-corrected chi connectivity index (χ0v) is 12.0. The number of aryl methyl sites for hydroxylation is 1. The van der Waals surface area contributed by atoms with Crippen molar-refractivity contribution in [3.8, 4) is 11.5 Å². The fraction of sp³-hybridized carbons (Fsp3) is 0.250. The molecule has 1 N–H and O–H groups in total. The van der Waals surface area contributed by atoms with Gasteiger partial charge < -0.3 is 14.6 Å². The maximum atomic E-state index is 9.80. The normalized spacial score (nSPS) is 11.9. The van der Waals surface area contributed by atoms with Gasteiger partial charge in [0, 0.05) is 5.02 Å². The first-order valence-corrected chi connectivity index (χ1v) is 6.77. The number of aliphatic hydroxyl groups is 1. The van der Waals surface area contributed by atoms with Crippen LogP contribution in [0.3, 0.4) is 0 Å². The summed E-state index contributed by atoms with van der Waals surface area (Å²) in [6.07, 6.45) is -0.688. The molecule has 2 aromatic rings. The van der Waals surface area contributed by atoms with Gasteiger partial charge in [0.15, 0.2) is 0 Å². The molecule has 0 aliphatic carbocycles. The number of halogens is 1. The van der Waals surface area contributed by atoms with E-state index >= 15 is 0 Å². The third-order valence-corrected chi connectivity index (χ3v) is 2.97. The Kier molecular flexibility index (Phi) is 5.27. The minimum Gasteiger partial charge on any atom is -0.491 e. The van der Waals surface area contributed by atoms with Gasteiger partial charge in [-0.3, -0.25) is 0 Å². The van der Waals surface area contributed by atoms with Crippen molar-refractivity contribution in [2.75, 3.05) is 13.2 Å². The summed E-state index contributed by atoms with van der Waals surface area (Å²) < 4.78 is 10.9. The standard InChI is InChI=1S/C16H17ClO3/c1-12-2-6-15(7-3-12)19-10-14(18)11-20-16-8-4-13(17)5-9-16/h2-9,14,18H,10-11H2,1H3. The van der Waals surface area contributed by atoms with Crippen LogP contribution in [0.15, 0.2) is 48.5 Å². The minimum absolute atomic E-state index is 0.174. The van der Waals surface area contributed by atoms with Crippen molar-refractivity contribution in [2.24, 2.45) is 0 Å². The molecule has 1 atom stereocenters. The largest absolute Gasteiger partial charge is 0.491 e. The summed E-state index contributed by atoms with van der Waals surface area (Å²) in [7, 11) is 0. The molecule has 2 aromatic carbocycles. The molecule has 0 bridgehead atoms. The summed E-state index contributed by atoms with van der Waals surface area (Å²) in [5.74, 6) is 1.41. The van der Waals surface area contributed by atoms with Crippen molar-refractivity contribution < 1.29 is 14.6 Å². The lowest BCUT2D eigenvalue weighted by molar-refractivity contribution is 0.0626. The Morgan fingerprint density at radius 2 is 1.35 bits per heavy atom. The number of aliphatic hydroxyl groups excluding tert-OH is 1. The molecule has 4 heteroatoms. The van der Waals surface area contributed by atoms with Gasteiger partial charge in [-0.05, 0) is 43.3 Å². The molecule has 20 heavy (non-hydrogen) atoms. The molecule has 0 fully saturated rings. The highest BCUT2D eigenvalue weighted by atomic mass is 35.5. The van der Waals surface area contributed by atoms with E-state index < -0.39 is 6.10 Å². The molecule has 0 heterocycles. The summed E-state index contributed by atoms with van der Waals surface area (Å²) in [6, 6.07) is 14.7. The Balaban J connectivity index is 1.73. The molecule has 0 saturated carbocycles. The van der Waals surface area contributed by atoms with Crippen LogP contribution in [0, 0.1) is 6.92 Å². The second kappa shape index (κ2) is 7.17. The van der Waals surface area contributed by atoms with Crippen LogP contribution in [0.25, 0.3) is 0 Å². The molecular weight excluding hydrogens is 276 g/mol. The Morgan fingerprint density at radius 3 is 1.85 bits per heavy atom. The van der Waals surface area contributed by atoms with Crippen LogP contribution < -0.4 is 9.47 Å². The summed E-state index contributed by atoms with van der Waals surface area (Å²) in [5, 5.41) is 10.5. The molecule has 106 valence electrons. The average molecular weight is 293 g/mol. The van der Waals surface area contributed by atoms with Crippen LogP contribution in [-0.4, -0.2) is 24.4 Å². The monoisotopic (exact) mass is 292 g/mol. The fourth-order valence-corrected chi connectivity index (χ4v) is 1.72. The summed E-state index contributed by atoms with van der Waals surface area (Å²) in [6.45, 7) is 2.38. The van der Waals surface area contributed by atoms with Gasteiger partial charge in [-0.25, -0.2) is 0 Å². The Bertz CT molecular complexity index is 473. The van der Waals surface area contributed by atoms with Crippen molar-refractivity contribution in [1.82, 2.24) is 0 Å². The van der Waals surface area contributed by atoms with Crippen LogP contribution in [0.1, 0.15) is 5.56 Å². The lowest BCUT2D eigenvalue weighted by Gasteiger charge is -2.13. The molecule has 0 saturated heterocycles. The van der Waals surface area contributed by atoms with Crippen LogP contribution in [0.4, 0.5) is 0 Å². The van der Waals surface area contributed by atoms with Crippen molar-refractivity contribution in [1.29, 1.82) is 0 Å². The smallest absolute Gasteiger partial charge is 0.122 e. The van der Waals surface area contributed by atoms with E-state index in [0.717, 1.165) is 5.75 Å². The van der Waals surface area contributed by atoms with Crippen LogP contribution in [0.2, 0.25) is 5.02 Å². The molecule has 0 aliphatic heterocycles. The van der Waals surface area contributed by atoms with Crippen molar-refractivity contribution in [3.05, 3.63) is 59.1 Å². The Labute approximate surface area is 123 Å². The Hall–Kier alpha value is -1.71. The average Bonchev–Trinajstić information content (AvgIpc) is 2.46. The van der Waals surface area contributed by atoms with Crippen molar-refractivity contribution in [2.45, 2.75) is 13.0 Å². The van der Waals surface area contributed by atoms with Gasteiger partial charge in [0.2, 0.25) is 0 Å². The first-order valence-electron chi connectivity index (χ1n) is 6.39. The molecule has 1 unspecified atom stereocenters.